The molecule has 0 radical (unpaired) electrons. The summed E-state index contributed by atoms with van der Waals surface area (Å²) in [4.78, 5) is 31.6. The Hall–Kier alpha value is -5.51. The van der Waals surface area contributed by atoms with E-state index in [1.807, 2.05) is 60.7 Å². The van der Waals surface area contributed by atoms with Gasteiger partial charge in [0.2, 0.25) is 0 Å². The van der Waals surface area contributed by atoms with E-state index in [1.54, 1.807) is 48.5 Å². The van der Waals surface area contributed by atoms with E-state index in [-0.39, 0.29) is 38.9 Å². The van der Waals surface area contributed by atoms with Crippen molar-refractivity contribution in [3.8, 4) is 23.0 Å². The van der Waals surface area contributed by atoms with Gasteiger partial charge in [-0.05, 0) is 59.7 Å². The topological polar surface area (TPSA) is 139 Å². The SMILES string of the molecule is Nc1ncnc(Cl)c1C(C(=O)C(c1ccc(Oc2ccccc2)cc1)c1c(N)ncnc1Cl)c1ccc(Oc2ccccc2)cc1. The van der Waals surface area contributed by atoms with Crippen LogP contribution < -0.4 is 20.9 Å². The first-order chi connectivity index (χ1) is 22.4. The van der Waals surface area contributed by atoms with Gasteiger partial charge in [-0.15, -0.1) is 0 Å². The summed E-state index contributed by atoms with van der Waals surface area (Å²) in [7, 11) is 0. The highest BCUT2D eigenvalue weighted by Gasteiger charge is 2.37. The molecule has 2 heterocycles. The van der Waals surface area contributed by atoms with Crippen LogP contribution in [-0.2, 0) is 4.79 Å². The molecule has 0 spiro atoms. The van der Waals surface area contributed by atoms with E-state index in [0.29, 0.717) is 34.1 Å². The Morgan fingerprint density at radius 3 is 1.22 bits per heavy atom. The molecule has 6 rings (SSSR count). The van der Waals surface area contributed by atoms with Crippen LogP contribution in [0.1, 0.15) is 34.1 Å². The maximum atomic E-state index is 15.0. The minimum atomic E-state index is -1.04. The Kier molecular flexibility index (Phi) is 9.05. The Morgan fingerprint density at radius 1 is 0.522 bits per heavy atom. The van der Waals surface area contributed by atoms with Crippen LogP contribution in [0.5, 0.6) is 23.0 Å². The number of hydrogen-bond donors (Lipinski definition) is 2. The van der Waals surface area contributed by atoms with Crippen molar-refractivity contribution in [3.63, 3.8) is 0 Å². The van der Waals surface area contributed by atoms with Crippen LogP contribution in [-0.4, -0.2) is 25.7 Å². The Morgan fingerprint density at radius 2 is 0.870 bits per heavy atom. The van der Waals surface area contributed by atoms with Crippen molar-refractivity contribution in [2.75, 3.05) is 11.5 Å². The second-order valence-corrected chi connectivity index (χ2v) is 10.9. The summed E-state index contributed by atoms with van der Waals surface area (Å²) in [6, 6.07) is 32.8. The zero-order valence-electron chi connectivity index (χ0n) is 24.1. The molecule has 2 unspecified atom stereocenters. The number of carbonyl (C=O) groups is 1. The van der Waals surface area contributed by atoms with Gasteiger partial charge in [-0.25, -0.2) is 19.9 Å². The average molecular weight is 650 g/mol. The molecule has 9 nitrogen and oxygen atoms in total. The summed E-state index contributed by atoms with van der Waals surface area (Å²) in [6.45, 7) is 0. The Balaban J connectivity index is 1.45. The number of Topliss-reactive ketones (excluding diaryl/α,β-unsaturated/α-hetero) is 1. The minimum Gasteiger partial charge on any atom is -0.457 e. The molecular formula is C35H26Cl2N6O3. The molecule has 0 bridgehead atoms. The average Bonchev–Trinajstić information content (AvgIpc) is 3.06. The fourth-order valence-electron chi connectivity index (χ4n) is 5.13. The van der Waals surface area contributed by atoms with Crippen molar-refractivity contribution >= 4 is 40.6 Å². The Labute approximate surface area is 274 Å². The lowest BCUT2D eigenvalue weighted by Crippen LogP contribution is -2.26. The smallest absolute Gasteiger partial charge is 0.157 e. The van der Waals surface area contributed by atoms with Crippen molar-refractivity contribution in [2.24, 2.45) is 0 Å². The highest BCUT2D eigenvalue weighted by atomic mass is 35.5. The van der Waals surface area contributed by atoms with E-state index in [0.717, 1.165) is 0 Å². The molecule has 2 atom stereocenters. The largest absolute Gasteiger partial charge is 0.457 e. The molecule has 4 N–H and O–H groups in total. The maximum Gasteiger partial charge on any atom is 0.157 e. The van der Waals surface area contributed by atoms with E-state index >= 15 is 4.79 Å². The number of aromatic nitrogens is 4. The Bertz CT molecular complexity index is 1780. The van der Waals surface area contributed by atoms with Crippen molar-refractivity contribution < 1.29 is 14.3 Å². The monoisotopic (exact) mass is 648 g/mol. The van der Waals surface area contributed by atoms with Crippen molar-refractivity contribution in [3.05, 3.63) is 154 Å². The van der Waals surface area contributed by atoms with Crippen LogP contribution in [0.3, 0.4) is 0 Å². The van der Waals surface area contributed by atoms with Crippen LogP contribution in [0.2, 0.25) is 10.3 Å². The van der Waals surface area contributed by atoms with E-state index in [2.05, 4.69) is 19.9 Å². The van der Waals surface area contributed by atoms with Crippen molar-refractivity contribution in [2.45, 2.75) is 11.8 Å². The number of ketones is 1. The molecular weight excluding hydrogens is 623 g/mol. The van der Waals surface area contributed by atoms with Crippen LogP contribution in [0.15, 0.2) is 122 Å². The number of nitrogens with two attached hydrogens (primary N) is 2. The van der Waals surface area contributed by atoms with Gasteiger partial charge in [0, 0.05) is 11.1 Å². The summed E-state index contributed by atoms with van der Waals surface area (Å²) < 4.78 is 12.0. The van der Waals surface area contributed by atoms with Gasteiger partial charge in [0.1, 0.15) is 57.6 Å². The molecule has 0 saturated carbocycles. The zero-order valence-corrected chi connectivity index (χ0v) is 25.6. The molecule has 4 aromatic carbocycles. The highest BCUT2D eigenvalue weighted by molar-refractivity contribution is 6.31. The number of halogens is 2. The lowest BCUT2D eigenvalue weighted by Gasteiger charge is -2.26. The van der Waals surface area contributed by atoms with Crippen molar-refractivity contribution in [1.82, 2.24) is 19.9 Å². The lowest BCUT2D eigenvalue weighted by atomic mass is 9.77. The van der Waals surface area contributed by atoms with E-state index in [1.165, 1.54) is 12.7 Å². The van der Waals surface area contributed by atoms with Gasteiger partial charge >= 0.3 is 0 Å². The number of benzene rings is 4. The van der Waals surface area contributed by atoms with Gasteiger partial charge in [-0.3, -0.25) is 4.79 Å². The van der Waals surface area contributed by atoms with Gasteiger partial charge in [0.05, 0.1) is 11.8 Å². The molecule has 0 aliphatic rings. The van der Waals surface area contributed by atoms with E-state index < -0.39 is 11.8 Å². The number of hydrogen-bond acceptors (Lipinski definition) is 9. The fourth-order valence-corrected chi connectivity index (χ4v) is 5.63. The molecule has 228 valence electrons. The van der Waals surface area contributed by atoms with Gasteiger partial charge in [0.25, 0.3) is 0 Å². The molecule has 0 aliphatic heterocycles. The number of ether oxygens (including phenoxy) is 2. The standard InChI is InChI=1S/C35H26Cl2N6O3/c36-32-29(34(38)42-19-40-32)27(21-11-15-25(16-12-21)45-23-7-3-1-4-8-23)31(44)28(30-33(37)41-20-43-35(30)39)22-13-17-26(18-14-22)46-24-9-5-2-6-10-24/h1-20,27-28H,(H2,38,40,42)(H2,39,41,43). The minimum absolute atomic E-state index is 0.0317. The number of nitrogens with zero attached hydrogens (tertiary/aromatic N) is 4. The van der Waals surface area contributed by atoms with E-state index in [4.69, 9.17) is 44.1 Å². The summed E-state index contributed by atoms with van der Waals surface area (Å²) >= 11 is 13.2. The predicted molar refractivity (Wildman–Crippen MR) is 178 cm³/mol. The summed E-state index contributed by atoms with van der Waals surface area (Å²) in [5, 5.41) is 0.0633. The summed E-state index contributed by atoms with van der Waals surface area (Å²) in [5.74, 6) is 0.133. The second-order valence-electron chi connectivity index (χ2n) is 10.2. The van der Waals surface area contributed by atoms with Gasteiger partial charge in [-0.2, -0.15) is 0 Å². The lowest BCUT2D eigenvalue weighted by molar-refractivity contribution is -0.120. The van der Waals surface area contributed by atoms with Gasteiger partial charge < -0.3 is 20.9 Å². The number of rotatable bonds is 10. The molecule has 0 fully saturated rings. The van der Waals surface area contributed by atoms with Crippen LogP contribution >= 0.6 is 23.2 Å². The highest BCUT2D eigenvalue weighted by Crippen LogP contribution is 2.43. The van der Waals surface area contributed by atoms with Crippen LogP contribution in [0.25, 0.3) is 0 Å². The number of para-hydroxylation sites is 2. The third-order valence-corrected chi connectivity index (χ3v) is 7.87. The second kappa shape index (κ2) is 13.6. The third-order valence-electron chi connectivity index (χ3n) is 7.26. The van der Waals surface area contributed by atoms with Gasteiger partial charge in [-0.1, -0.05) is 83.9 Å². The number of nitrogen functional groups attached to an aromatic ring is 2. The van der Waals surface area contributed by atoms with E-state index in [9.17, 15) is 0 Å². The molecule has 46 heavy (non-hydrogen) atoms. The maximum absolute atomic E-state index is 15.0. The fraction of sp³-hybridized carbons (Fsp3) is 0.0571. The van der Waals surface area contributed by atoms with Gasteiger partial charge in [0.15, 0.2) is 5.78 Å². The first-order valence-corrected chi connectivity index (χ1v) is 14.9. The third kappa shape index (κ3) is 6.61. The molecule has 0 saturated heterocycles. The number of anilines is 2. The first-order valence-electron chi connectivity index (χ1n) is 14.1. The predicted octanol–water partition coefficient (Wildman–Crippen LogP) is 7.86. The van der Waals surface area contributed by atoms with Crippen molar-refractivity contribution in [1.29, 1.82) is 0 Å². The zero-order chi connectivity index (χ0) is 32.0. The normalized spacial score (nSPS) is 12.2. The molecule has 0 amide bonds. The van der Waals surface area contributed by atoms with Crippen LogP contribution in [0.4, 0.5) is 11.6 Å². The van der Waals surface area contributed by atoms with Crippen LogP contribution in [0, 0.1) is 0 Å². The summed E-state index contributed by atoms with van der Waals surface area (Å²) in [6.07, 6.45) is 2.48. The summed E-state index contributed by atoms with van der Waals surface area (Å²) in [5.41, 5.74) is 14.3. The first kappa shape index (κ1) is 30.5. The molecule has 6 aromatic rings. The molecule has 0 aliphatic carbocycles. The quantitative estimate of drug-likeness (QED) is 0.142. The molecule has 2 aromatic heterocycles. The molecule has 11 heteroatoms. The number of carbonyl (C=O) groups excluding carboxylic acids is 1.